The predicted octanol–water partition coefficient (Wildman–Crippen LogP) is 4.80. The molecule has 2 aliphatic rings. The monoisotopic (exact) mass is 363 g/mol. The van der Waals surface area contributed by atoms with Gasteiger partial charge in [-0.3, -0.25) is 0 Å². The molecule has 1 spiro atoms. The van der Waals surface area contributed by atoms with E-state index in [0.29, 0.717) is 38.9 Å². The van der Waals surface area contributed by atoms with Crippen LogP contribution >= 0.6 is 11.6 Å². The van der Waals surface area contributed by atoms with E-state index in [-0.39, 0.29) is 5.97 Å². The number of fused-ring (bicyclic) bond motifs is 6. The highest BCUT2D eigenvalue weighted by atomic mass is 35.5. The maximum atomic E-state index is 12.7. The highest BCUT2D eigenvalue weighted by molar-refractivity contribution is 6.31. The molecular formula is C21H14ClNO3. The number of carbonyl (C=O) groups is 1. The fourth-order valence-corrected chi connectivity index (χ4v) is 4.04. The summed E-state index contributed by atoms with van der Waals surface area (Å²) in [7, 11) is 0. The molecule has 2 heterocycles. The Balaban J connectivity index is 1.96. The predicted molar refractivity (Wildman–Crippen MR) is 98.9 cm³/mol. The van der Waals surface area contributed by atoms with Crippen molar-refractivity contribution in [2.45, 2.75) is 12.5 Å². The highest BCUT2D eigenvalue weighted by Gasteiger charge is 2.54. The van der Waals surface area contributed by atoms with Crippen LogP contribution in [-0.4, -0.2) is 5.97 Å². The van der Waals surface area contributed by atoms with E-state index >= 15 is 0 Å². The lowest BCUT2D eigenvalue weighted by molar-refractivity contribution is 0.0227. The Kier molecular flexibility index (Phi) is 2.95. The zero-order valence-corrected chi connectivity index (χ0v) is 14.6. The van der Waals surface area contributed by atoms with Crippen molar-refractivity contribution in [2.24, 2.45) is 0 Å². The first-order valence-corrected chi connectivity index (χ1v) is 8.60. The van der Waals surface area contributed by atoms with Gasteiger partial charge in [-0.15, -0.1) is 0 Å². The Morgan fingerprint density at radius 3 is 2.65 bits per heavy atom. The van der Waals surface area contributed by atoms with E-state index in [2.05, 4.69) is 0 Å². The minimum atomic E-state index is -1.17. The molecule has 0 amide bonds. The summed E-state index contributed by atoms with van der Waals surface area (Å²) in [6.07, 6.45) is 0. The third kappa shape index (κ3) is 1.77. The first-order valence-electron chi connectivity index (χ1n) is 8.22. The fourth-order valence-electron chi connectivity index (χ4n) is 3.88. The number of hydrogen-bond donors (Lipinski definition) is 1. The maximum Gasteiger partial charge on any atom is 0.340 e. The van der Waals surface area contributed by atoms with Crippen LogP contribution in [0.5, 0.6) is 11.5 Å². The zero-order valence-electron chi connectivity index (χ0n) is 13.9. The molecular weight excluding hydrogens is 350 g/mol. The van der Waals surface area contributed by atoms with Crippen molar-refractivity contribution >= 4 is 23.3 Å². The van der Waals surface area contributed by atoms with Crippen LogP contribution in [-0.2, 0) is 10.3 Å². The average molecular weight is 364 g/mol. The Labute approximate surface area is 155 Å². The fraction of sp³-hybridized carbons (Fsp3) is 0.0952. The standard InChI is InChI=1S/C21H14ClNO3/c1-11-9-18-14(10-15(11)22)21(19-16(23)7-4-8-17(19)25-18)13-6-3-2-5-12(13)20(24)26-21/h2-10H,23H2,1H3. The van der Waals surface area contributed by atoms with Crippen LogP contribution in [0.4, 0.5) is 5.69 Å². The Hall–Kier alpha value is -2.98. The van der Waals surface area contributed by atoms with Crippen molar-refractivity contribution < 1.29 is 14.3 Å². The molecule has 0 saturated carbocycles. The van der Waals surface area contributed by atoms with E-state index in [1.807, 2.05) is 43.3 Å². The largest absolute Gasteiger partial charge is 0.456 e. The molecule has 0 radical (unpaired) electrons. The summed E-state index contributed by atoms with van der Waals surface area (Å²) in [5, 5.41) is 0.574. The van der Waals surface area contributed by atoms with Gasteiger partial charge < -0.3 is 15.2 Å². The second-order valence-corrected chi connectivity index (χ2v) is 6.94. The van der Waals surface area contributed by atoms with Crippen LogP contribution in [0, 0.1) is 6.92 Å². The SMILES string of the molecule is Cc1cc2c(cc1Cl)C1(OC(=O)c3ccccc31)c1c(N)cccc1O2. The third-order valence-corrected chi connectivity index (χ3v) is 5.45. The first-order chi connectivity index (χ1) is 12.5. The van der Waals surface area contributed by atoms with Gasteiger partial charge in [0.25, 0.3) is 0 Å². The van der Waals surface area contributed by atoms with Crippen LogP contribution in [0.1, 0.15) is 32.6 Å². The van der Waals surface area contributed by atoms with Crippen LogP contribution in [0.25, 0.3) is 0 Å². The molecule has 26 heavy (non-hydrogen) atoms. The van der Waals surface area contributed by atoms with E-state index in [4.69, 9.17) is 26.8 Å². The molecule has 3 aromatic rings. The molecule has 5 heteroatoms. The Bertz CT molecular complexity index is 1110. The second-order valence-electron chi connectivity index (χ2n) is 6.54. The number of aryl methyl sites for hydroxylation is 1. The van der Waals surface area contributed by atoms with Gasteiger partial charge in [0, 0.05) is 21.8 Å². The number of carbonyl (C=O) groups excluding carboxylic acids is 1. The summed E-state index contributed by atoms with van der Waals surface area (Å²) in [5.74, 6) is 0.789. The lowest BCUT2D eigenvalue weighted by atomic mass is 9.77. The van der Waals surface area contributed by atoms with E-state index in [1.54, 1.807) is 18.2 Å². The van der Waals surface area contributed by atoms with Crippen molar-refractivity contribution in [3.05, 3.63) is 87.4 Å². The van der Waals surface area contributed by atoms with Crippen LogP contribution < -0.4 is 10.5 Å². The lowest BCUT2D eigenvalue weighted by Crippen LogP contribution is -2.34. The molecule has 0 fully saturated rings. The topological polar surface area (TPSA) is 61.5 Å². The number of nitrogens with two attached hydrogens (primary N) is 1. The van der Waals surface area contributed by atoms with Gasteiger partial charge in [0.2, 0.25) is 0 Å². The molecule has 4 nitrogen and oxygen atoms in total. The van der Waals surface area contributed by atoms with Gasteiger partial charge in [0.05, 0.1) is 11.1 Å². The van der Waals surface area contributed by atoms with E-state index in [0.717, 1.165) is 11.1 Å². The lowest BCUT2D eigenvalue weighted by Gasteiger charge is -2.37. The van der Waals surface area contributed by atoms with Crippen molar-refractivity contribution in [2.75, 3.05) is 5.73 Å². The quantitative estimate of drug-likeness (QED) is 0.460. The first kappa shape index (κ1) is 15.3. The van der Waals surface area contributed by atoms with Crippen molar-refractivity contribution in [3.63, 3.8) is 0 Å². The summed E-state index contributed by atoms with van der Waals surface area (Å²) in [6, 6.07) is 16.4. The van der Waals surface area contributed by atoms with Crippen molar-refractivity contribution in [3.8, 4) is 11.5 Å². The summed E-state index contributed by atoms with van der Waals surface area (Å²) < 4.78 is 12.1. The van der Waals surface area contributed by atoms with Crippen molar-refractivity contribution in [1.82, 2.24) is 0 Å². The molecule has 0 bridgehead atoms. The number of rotatable bonds is 0. The number of anilines is 1. The normalized spacial score (nSPS) is 19.4. The Morgan fingerprint density at radius 1 is 1.00 bits per heavy atom. The number of benzene rings is 3. The van der Waals surface area contributed by atoms with Crippen LogP contribution in [0.2, 0.25) is 5.02 Å². The van der Waals surface area contributed by atoms with Gasteiger partial charge in [-0.25, -0.2) is 4.79 Å². The molecule has 1 atom stereocenters. The number of hydrogen-bond acceptors (Lipinski definition) is 4. The summed E-state index contributed by atoms with van der Waals surface area (Å²) >= 11 is 6.41. The molecule has 3 aromatic carbocycles. The van der Waals surface area contributed by atoms with Gasteiger partial charge in [-0.2, -0.15) is 0 Å². The molecule has 0 saturated heterocycles. The van der Waals surface area contributed by atoms with Crippen molar-refractivity contribution in [1.29, 1.82) is 0 Å². The molecule has 1 unspecified atom stereocenters. The zero-order chi connectivity index (χ0) is 18.1. The number of halogens is 1. The average Bonchev–Trinajstić information content (AvgIpc) is 2.91. The van der Waals surface area contributed by atoms with E-state index in [9.17, 15) is 4.79 Å². The van der Waals surface area contributed by atoms with Gasteiger partial charge in [0.1, 0.15) is 11.5 Å². The molecule has 0 aromatic heterocycles. The van der Waals surface area contributed by atoms with E-state index in [1.165, 1.54) is 0 Å². The molecule has 0 aliphatic carbocycles. The molecule has 128 valence electrons. The molecule has 5 rings (SSSR count). The maximum absolute atomic E-state index is 12.7. The molecule has 2 aliphatic heterocycles. The number of esters is 1. The minimum absolute atomic E-state index is 0.389. The van der Waals surface area contributed by atoms with Gasteiger partial charge >= 0.3 is 5.97 Å². The Morgan fingerprint density at radius 2 is 1.81 bits per heavy atom. The number of nitrogen functional groups attached to an aromatic ring is 1. The summed E-state index contributed by atoms with van der Waals surface area (Å²) in [4.78, 5) is 12.7. The molecule has 2 N–H and O–H groups in total. The summed E-state index contributed by atoms with van der Waals surface area (Å²) in [6.45, 7) is 1.90. The number of ether oxygens (including phenoxy) is 2. The minimum Gasteiger partial charge on any atom is -0.456 e. The van der Waals surface area contributed by atoms with Crippen LogP contribution in [0.15, 0.2) is 54.6 Å². The van der Waals surface area contributed by atoms with Gasteiger partial charge in [-0.05, 0) is 42.8 Å². The third-order valence-electron chi connectivity index (χ3n) is 5.04. The summed E-state index contributed by atoms with van der Waals surface area (Å²) in [5.41, 5.74) is 9.10. The van der Waals surface area contributed by atoms with Gasteiger partial charge in [0.15, 0.2) is 5.60 Å². The highest BCUT2D eigenvalue weighted by Crippen LogP contribution is 2.58. The van der Waals surface area contributed by atoms with Gasteiger partial charge in [-0.1, -0.05) is 35.9 Å². The van der Waals surface area contributed by atoms with E-state index < -0.39 is 5.60 Å². The van der Waals surface area contributed by atoms with Crippen LogP contribution in [0.3, 0.4) is 0 Å². The smallest absolute Gasteiger partial charge is 0.340 e. The second kappa shape index (κ2) is 5.02.